The lowest BCUT2D eigenvalue weighted by Crippen LogP contribution is -2.51. The van der Waals surface area contributed by atoms with Gasteiger partial charge in [0, 0.05) is 22.6 Å². The average molecular weight is 531 g/mol. The molecule has 0 radical (unpaired) electrons. The second kappa shape index (κ2) is 11.0. The molecular weight excluding hydrogens is 506 g/mol. The number of hydrogen-bond donors (Lipinski definition) is 1. The number of anilines is 1. The molecule has 0 fully saturated rings. The number of sulfonamides is 1. The number of nitrogens with one attached hydrogen (secondary N) is 1. The first-order chi connectivity index (χ1) is 14.5. The van der Waals surface area contributed by atoms with Gasteiger partial charge in [-0.3, -0.25) is 13.9 Å². The number of halogens is 2. The zero-order valence-corrected chi connectivity index (χ0v) is 20.7. The Morgan fingerprint density at radius 2 is 1.81 bits per heavy atom. The van der Waals surface area contributed by atoms with Gasteiger partial charge in [0.05, 0.1) is 11.9 Å². The molecule has 1 atom stereocenters. The van der Waals surface area contributed by atoms with Gasteiger partial charge in [-0.1, -0.05) is 39.7 Å². The minimum Gasteiger partial charge on any atom is -0.355 e. The van der Waals surface area contributed by atoms with E-state index in [4.69, 9.17) is 11.6 Å². The largest absolute Gasteiger partial charge is 0.355 e. The number of hydrogen-bond acceptors (Lipinski definition) is 4. The molecule has 31 heavy (non-hydrogen) atoms. The van der Waals surface area contributed by atoms with Crippen LogP contribution in [0.3, 0.4) is 0 Å². The van der Waals surface area contributed by atoms with Crippen molar-refractivity contribution < 1.29 is 18.0 Å². The number of likely N-dealkylation sites (N-methyl/N-ethyl adjacent to an activating group) is 1. The fourth-order valence-electron chi connectivity index (χ4n) is 2.96. The van der Waals surface area contributed by atoms with Crippen LogP contribution < -0.4 is 9.62 Å². The Bertz CT molecular complexity index is 1030. The number of amides is 2. The van der Waals surface area contributed by atoms with E-state index >= 15 is 0 Å². The van der Waals surface area contributed by atoms with Gasteiger partial charge < -0.3 is 10.2 Å². The predicted molar refractivity (Wildman–Crippen MR) is 126 cm³/mol. The molecule has 0 bridgehead atoms. The van der Waals surface area contributed by atoms with E-state index in [1.807, 2.05) is 24.3 Å². The Labute approximate surface area is 196 Å². The van der Waals surface area contributed by atoms with Crippen molar-refractivity contribution in [1.29, 1.82) is 0 Å². The molecule has 0 aliphatic heterocycles. The van der Waals surface area contributed by atoms with E-state index in [1.165, 1.54) is 17.0 Å². The average Bonchev–Trinajstić information content (AvgIpc) is 2.70. The third kappa shape index (κ3) is 7.22. The molecule has 2 amide bonds. The maximum Gasteiger partial charge on any atom is 0.244 e. The first kappa shape index (κ1) is 25.2. The molecule has 1 N–H and O–H groups in total. The van der Waals surface area contributed by atoms with Crippen LogP contribution in [0.5, 0.6) is 0 Å². The summed E-state index contributed by atoms with van der Waals surface area (Å²) in [5.41, 5.74) is 1.12. The van der Waals surface area contributed by atoms with Crippen molar-refractivity contribution in [3.63, 3.8) is 0 Å². The van der Waals surface area contributed by atoms with Crippen LogP contribution in [-0.4, -0.2) is 50.5 Å². The SMILES string of the molecule is CCNC(=O)C(C)N(Cc1cccc(Br)c1)C(=O)CN(c1ccc(Cl)cc1)S(C)(=O)=O. The van der Waals surface area contributed by atoms with Gasteiger partial charge in [-0.15, -0.1) is 0 Å². The first-order valence-electron chi connectivity index (χ1n) is 9.57. The Hall–Kier alpha value is -2.10. The molecule has 0 heterocycles. The highest BCUT2D eigenvalue weighted by Crippen LogP contribution is 2.22. The molecule has 0 aliphatic carbocycles. The van der Waals surface area contributed by atoms with Crippen molar-refractivity contribution in [2.45, 2.75) is 26.4 Å². The van der Waals surface area contributed by atoms with E-state index in [1.54, 1.807) is 26.0 Å². The highest BCUT2D eigenvalue weighted by Gasteiger charge is 2.29. The molecule has 0 saturated carbocycles. The molecule has 2 aromatic rings. The van der Waals surface area contributed by atoms with Crippen molar-refractivity contribution >= 4 is 55.1 Å². The molecular formula is C21H25BrClN3O4S. The lowest BCUT2D eigenvalue weighted by molar-refractivity contribution is -0.139. The Morgan fingerprint density at radius 1 is 1.16 bits per heavy atom. The fraction of sp³-hybridized carbons (Fsp3) is 0.333. The number of rotatable bonds is 9. The molecule has 7 nitrogen and oxygen atoms in total. The van der Waals surface area contributed by atoms with Crippen LogP contribution in [0, 0.1) is 0 Å². The molecule has 10 heteroatoms. The predicted octanol–water partition coefficient (Wildman–Crippen LogP) is 3.42. The van der Waals surface area contributed by atoms with Gasteiger partial charge >= 0.3 is 0 Å². The van der Waals surface area contributed by atoms with E-state index in [2.05, 4.69) is 21.2 Å². The molecule has 0 aliphatic rings. The van der Waals surface area contributed by atoms with Crippen LogP contribution in [0.2, 0.25) is 5.02 Å². The normalized spacial score (nSPS) is 12.2. The Morgan fingerprint density at radius 3 is 2.35 bits per heavy atom. The molecule has 1 unspecified atom stereocenters. The summed E-state index contributed by atoms with van der Waals surface area (Å²) in [6.07, 6.45) is 1.03. The molecule has 0 aromatic heterocycles. The monoisotopic (exact) mass is 529 g/mol. The van der Waals surface area contributed by atoms with Crippen LogP contribution in [0.15, 0.2) is 53.0 Å². The van der Waals surface area contributed by atoms with Crippen molar-refractivity contribution in [3.05, 3.63) is 63.6 Å². The molecule has 2 rings (SSSR count). The Kier molecular flexibility index (Phi) is 8.90. The summed E-state index contributed by atoms with van der Waals surface area (Å²) in [4.78, 5) is 27.1. The smallest absolute Gasteiger partial charge is 0.244 e. The van der Waals surface area contributed by atoms with Crippen molar-refractivity contribution in [1.82, 2.24) is 10.2 Å². The van der Waals surface area contributed by atoms with Crippen molar-refractivity contribution in [3.8, 4) is 0 Å². The topological polar surface area (TPSA) is 86.8 Å². The summed E-state index contributed by atoms with van der Waals surface area (Å²) in [6.45, 7) is 3.53. The van der Waals surface area contributed by atoms with E-state index < -0.39 is 28.5 Å². The molecule has 168 valence electrons. The molecule has 2 aromatic carbocycles. The second-order valence-corrected chi connectivity index (χ2v) is 10.2. The fourth-order valence-corrected chi connectivity index (χ4v) is 4.38. The lowest BCUT2D eigenvalue weighted by atomic mass is 10.1. The van der Waals surface area contributed by atoms with E-state index in [9.17, 15) is 18.0 Å². The second-order valence-electron chi connectivity index (χ2n) is 6.97. The lowest BCUT2D eigenvalue weighted by Gasteiger charge is -2.31. The highest BCUT2D eigenvalue weighted by molar-refractivity contribution is 9.10. The van der Waals surface area contributed by atoms with Gasteiger partial charge in [0.1, 0.15) is 12.6 Å². The van der Waals surface area contributed by atoms with Gasteiger partial charge in [-0.25, -0.2) is 8.42 Å². The zero-order chi connectivity index (χ0) is 23.2. The van der Waals surface area contributed by atoms with Crippen LogP contribution in [0.25, 0.3) is 0 Å². The van der Waals surface area contributed by atoms with Gasteiger partial charge in [-0.05, 0) is 55.8 Å². The van der Waals surface area contributed by atoms with Gasteiger partial charge in [0.15, 0.2) is 0 Å². The Balaban J connectivity index is 2.37. The minimum absolute atomic E-state index is 0.148. The van der Waals surface area contributed by atoms with Gasteiger partial charge in [0.2, 0.25) is 21.8 Å². The summed E-state index contributed by atoms with van der Waals surface area (Å²) < 4.78 is 26.7. The summed E-state index contributed by atoms with van der Waals surface area (Å²) in [5.74, 6) is -0.817. The summed E-state index contributed by atoms with van der Waals surface area (Å²) in [5, 5.41) is 3.16. The number of carbonyl (C=O) groups excluding carboxylic acids is 2. The van der Waals surface area contributed by atoms with Crippen LogP contribution in [0.1, 0.15) is 19.4 Å². The van der Waals surface area contributed by atoms with Gasteiger partial charge in [0.25, 0.3) is 0 Å². The molecule has 0 spiro atoms. The third-order valence-corrected chi connectivity index (χ3v) is 6.44. The van der Waals surface area contributed by atoms with Crippen LogP contribution in [-0.2, 0) is 26.2 Å². The van der Waals surface area contributed by atoms with Crippen molar-refractivity contribution in [2.24, 2.45) is 0 Å². The standard InChI is InChI=1S/C21H25BrClN3O4S/c1-4-24-21(28)15(2)25(13-16-6-5-7-17(22)12-16)20(27)14-26(31(3,29)30)19-10-8-18(23)9-11-19/h5-12,15H,4,13-14H2,1-3H3,(H,24,28). The van der Waals surface area contributed by atoms with Crippen LogP contribution in [0.4, 0.5) is 5.69 Å². The number of benzene rings is 2. The minimum atomic E-state index is -3.76. The quantitative estimate of drug-likeness (QED) is 0.538. The van der Waals surface area contributed by atoms with Crippen LogP contribution >= 0.6 is 27.5 Å². The number of carbonyl (C=O) groups is 2. The maximum absolute atomic E-state index is 13.3. The van der Waals surface area contributed by atoms with Gasteiger partial charge in [-0.2, -0.15) is 0 Å². The van der Waals surface area contributed by atoms with E-state index in [0.717, 1.165) is 20.6 Å². The highest BCUT2D eigenvalue weighted by atomic mass is 79.9. The zero-order valence-electron chi connectivity index (χ0n) is 17.5. The summed E-state index contributed by atoms with van der Waals surface area (Å²) >= 11 is 9.31. The maximum atomic E-state index is 13.3. The van der Waals surface area contributed by atoms with Crippen molar-refractivity contribution in [2.75, 3.05) is 23.7 Å². The first-order valence-corrected chi connectivity index (χ1v) is 12.6. The number of nitrogens with zero attached hydrogens (tertiary/aromatic N) is 2. The molecule has 0 saturated heterocycles. The summed E-state index contributed by atoms with van der Waals surface area (Å²) in [7, 11) is -3.76. The summed E-state index contributed by atoms with van der Waals surface area (Å²) in [6, 6.07) is 12.7. The van der Waals surface area contributed by atoms with E-state index in [0.29, 0.717) is 17.3 Å². The van der Waals surface area contributed by atoms with E-state index in [-0.39, 0.29) is 12.5 Å². The third-order valence-electron chi connectivity index (χ3n) is 4.55.